The molecule has 2 atom stereocenters. The fourth-order valence-corrected chi connectivity index (χ4v) is 5.54. The molecule has 3 rings (SSSR count). The van der Waals surface area contributed by atoms with Crippen molar-refractivity contribution >= 4 is 17.9 Å². The second-order valence-electron chi connectivity index (χ2n) is 9.29. The van der Waals surface area contributed by atoms with Crippen LogP contribution in [0.3, 0.4) is 0 Å². The molecule has 0 aromatic heterocycles. The highest BCUT2D eigenvalue weighted by molar-refractivity contribution is 5.89. The van der Waals surface area contributed by atoms with Gasteiger partial charge in [0.05, 0.1) is 0 Å². The summed E-state index contributed by atoms with van der Waals surface area (Å²) in [4.78, 5) is 39.6. The highest BCUT2D eigenvalue weighted by Crippen LogP contribution is 2.38. The van der Waals surface area contributed by atoms with Gasteiger partial charge in [0.2, 0.25) is 5.91 Å². The minimum Gasteiger partial charge on any atom is -0.480 e. The van der Waals surface area contributed by atoms with E-state index in [4.69, 9.17) is 5.73 Å². The van der Waals surface area contributed by atoms with Gasteiger partial charge in [0.15, 0.2) is 0 Å². The zero-order valence-electron chi connectivity index (χ0n) is 18.0. The zero-order valence-corrected chi connectivity index (χ0v) is 18.0. The van der Waals surface area contributed by atoms with Crippen LogP contribution in [0.1, 0.15) is 83.5 Å². The molecule has 0 spiro atoms. The van der Waals surface area contributed by atoms with E-state index in [-0.39, 0.29) is 5.91 Å². The summed E-state index contributed by atoms with van der Waals surface area (Å²) in [5.41, 5.74) is 5.48. The Morgan fingerprint density at radius 1 is 0.900 bits per heavy atom. The number of hydrogen-bond acceptors (Lipinski definition) is 4. The average Bonchev–Trinajstić information content (AvgIpc) is 3.33. The summed E-state index contributed by atoms with van der Waals surface area (Å²) < 4.78 is 0. The topological polar surface area (TPSA) is 125 Å². The van der Waals surface area contributed by atoms with Crippen LogP contribution in [0, 0.1) is 5.92 Å². The lowest BCUT2D eigenvalue weighted by Crippen LogP contribution is -2.55. The predicted octanol–water partition coefficient (Wildman–Crippen LogP) is 2.36. The summed E-state index contributed by atoms with van der Waals surface area (Å²) in [6.07, 6.45) is 12.3. The molecule has 2 bridgehead atoms. The van der Waals surface area contributed by atoms with Crippen molar-refractivity contribution in [1.82, 2.24) is 15.5 Å². The van der Waals surface area contributed by atoms with E-state index >= 15 is 0 Å². The number of carbonyl (C=O) groups excluding carboxylic acids is 2. The molecule has 30 heavy (non-hydrogen) atoms. The van der Waals surface area contributed by atoms with Gasteiger partial charge in [0.25, 0.3) is 0 Å². The van der Waals surface area contributed by atoms with Crippen molar-refractivity contribution in [2.75, 3.05) is 6.54 Å². The molecular formula is C22H38N4O4. The summed E-state index contributed by atoms with van der Waals surface area (Å²) in [6, 6.07) is -1.48. The van der Waals surface area contributed by atoms with Crippen molar-refractivity contribution in [3.05, 3.63) is 0 Å². The van der Waals surface area contributed by atoms with Crippen LogP contribution < -0.4 is 16.4 Å². The molecule has 170 valence electrons. The maximum atomic E-state index is 13.4. The van der Waals surface area contributed by atoms with E-state index in [1.165, 1.54) is 19.3 Å². The number of unbranched alkanes of at least 4 members (excludes halogenated alkanes) is 1. The van der Waals surface area contributed by atoms with E-state index in [0.717, 1.165) is 38.5 Å². The second kappa shape index (κ2) is 11.0. The minimum atomic E-state index is -1.06. The molecule has 8 heteroatoms. The molecule has 2 aliphatic heterocycles. The average molecular weight is 423 g/mol. The standard InChI is InChI=1S/C22H38N4O4/c23-13-5-4-8-18(21(28)29)24-22(30)25-19(14-15-6-2-1-3-7-15)20(27)26-16-9-10-17(26)12-11-16/h15-19H,1-14,23H2,(H,28,29)(H2,24,25,30)/t16?,17?,18-,19?/m0/s1. The molecule has 2 heterocycles. The SMILES string of the molecule is NCCCC[C@H](NC(=O)NC(CC1CCCCC1)C(=O)N1C2CCC1CC2)C(=O)O. The van der Waals surface area contributed by atoms with Gasteiger partial charge >= 0.3 is 12.0 Å². The molecule has 8 nitrogen and oxygen atoms in total. The maximum Gasteiger partial charge on any atom is 0.326 e. The smallest absolute Gasteiger partial charge is 0.326 e. The lowest BCUT2D eigenvalue weighted by Gasteiger charge is -2.31. The van der Waals surface area contributed by atoms with Gasteiger partial charge in [-0.1, -0.05) is 32.1 Å². The number of carboxylic acid groups (broad SMARTS) is 1. The van der Waals surface area contributed by atoms with Gasteiger partial charge in [-0.25, -0.2) is 9.59 Å². The van der Waals surface area contributed by atoms with E-state index < -0.39 is 24.1 Å². The van der Waals surface area contributed by atoms with E-state index in [0.29, 0.717) is 50.2 Å². The number of nitrogens with one attached hydrogen (secondary N) is 2. The Morgan fingerprint density at radius 3 is 2.07 bits per heavy atom. The zero-order chi connectivity index (χ0) is 21.5. The number of carboxylic acids is 1. The molecule has 2 saturated heterocycles. The largest absolute Gasteiger partial charge is 0.480 e. The monoisotopic (exact) mass is 422 g/mol. The fourth-order valence-electron chi connectivity index (χ4n) is 5.54. The number of nitrogens with zero attached hydrogens (tertiary/aromatic N) is 1. The second-order valence-corrected chi connectivity index (χ2v) is 9.29. The highest BCUT2D eigenvalue weighted by atomic mass is 16.4. The van der Waals surface area contributed by atoms with Gasteiger partial charge in [-0.15, -0.1) is 0 Å². The van der Waals surface area contributed by atoms with Crippen LogP contribution >= 0.6 is 0 Å². The van der Waals surface area contributed by atoms with Crippen molar-refractivity contribution < 1.29 is 19.5 Å². The molecule has 0 aromatic carbocycles. The third-order valence-electron chi connectivity index (χ3n) is 7.16. The van der Waals surface area contributed by atoms with Crippen LogP contribution in [0.15, 0.2) is 0 Å². The van der Waals surface area contributed by atoms with Gasteiger partial charge in [-0.2, -0.15) is 0 Å². The number of carbonyl (C=O) groups is 3. The Morgan fingerprint density at radius 2 is 1.50 bits per heavy atom. The van der Waals surface area contributed by atoms with Crippen LogP contribution in [0.4, 0.5) is 4.79 Å². The van der Waals surface area contributed by atoms with E-state index in [2.05, 4.69) is 10.6 Å². The molecule has 0 aromatic rings. The van der Waals surface area contributed by atoms with Crippen LogP contribution in [0.25, 0.3) is 0 Å². The van der Waals surface area contributed by atoms with E-state index in [1.807, 2.05) is 4.90 Å². The molecule has 1 unspecified atom stereocenters. The number of nitrogens with two attached hydrogens (primary N) is 1. The minimum absolute atomic E-state index is 0.0238. The van der Waals surface area contributed by atoms with Gasteiger partial charge in [0.1, 0.15) is 12.1 Å². The summed E-state index contributed by atoms with van der Waals surface area (Å²) in [5, 5.41) is 14.8. The third kappa shape index (κ3) is 5.86. The summed E-state index contributed by atoms with van der Waals surface area (Å²) in [6.45, 7) is 0.495. The van der Waals surface area contributed by atoms with Gasteiger partial charge in [0, 0.05) is 12.1 Å². The van der Waals surface area contributed by atoms with Crippen LogP contribution in [0.5, 0.6) is 0 Å². The molecule has 3 aliphatic rings. The fraction of sp³-hybridized carbons (Fsp3) is 0.864. The maximum absolute atomic E-state index is 13.4. The first-order valence-electron chi connectivity index (χ1n) is 11.8. The van der Waals surface area contributed by atoms with Crippen molar-refractivity contribution in [3.63, 3.8) is 0 Å². The van der Waals surface area contributed by atoms with Crippen molar-refractivity contribution in [2.45, 2.75) is 108 Å². The van der Waals surface area contributed by atoms with Crippen LogP contribution in [-0.4, -0.2) is 58.6 Å². The van der Waals surface area contributed by atoms with Crippen molar-refractivity contribution in [3.8, 4) is 0 Å². The predicted molar refractivity (Wildman–Crippen MR) is 114 cm³/mol. The summed E-state index contributed by atoms with van der Waals surface area (Å²) in [5.74, 6) is -0.598. The van der Waals surface area contributed by atoms with Gasteiger partial charge < -0.3 is 26.4 Å². The van der Waals surface area contributed by atoms with Crippen LogP contribution in [-0.2, 0) is 9.59 Å². The Balaban J connectivity index is 1.62. The van der Waals surface area contributed by atoms with E-state index in [1.54, 1.807) is 0 Å². The first-order chi connectivity index (χ1) is 14.5. The number of rotatable bonds is 10. The number of amides is 3. The lowest BCUT2D eigenvalue weighted by atomic mass is 9.84. The van der Waals surface area contributed by atoms with Crippen LogP contribution in [0.2, 0.25) is 0 Å². The quantitative estimate of drug-likeness (QED) is 0.402. The molecule has 5 N–H and O–H groups in total. The van der Waals surface area contributed by atoms with Gasteiger partial charge in [-0.05, 0) is 63.8 Å². The molecule has 1 aliphatic carbocycles. The molecule has 1 saturated carbocycles. The number of urea groups is 1. The van der Waals surface area contributed by atoms with Gasteiger partial charge in [-0.3, -0.25) is 4.79 Å². The Kier molecular flexibility index (Phi) is 8.36. The summed E-state index contributed by atoms with van der Waals surface area (Å²) >= 11 is 0. The Bertz CT molecular complexity index is 588. The number of fused-ring (bicyclic) bond motifs is 2. The number of aliphatic carboxylic acids is 1. The lowest BCUT2D eigenvalue weighted by molar-refractivity contribution is -0.139. The molecule has 3 fully saturated rings. The molecule has 0 radical (unpaired) electrons. The third-order valence-corrected chi connectivity index (χ3v) is 7.16. The highest BCUT2D eigenvalue weighted by Gasteiger charge is 2.44. The Labute approximate surface area is 179 Å². The Hall–Kier alpha value is -1.83. The number of hydrogen-bond donors (Lipinski definition) is 4. The molecule has 3 amide bonds. The first kappa shape index (κ1) is 22.8. The summed E-state index contributed by atoms with van der Waals surface area (Å²) in [7, 11) is 0. The first-order valence-corrected chi connectivity index (χ1v) is 11.8. The molecular weight excluding hydrogens is 384 g/mol. The van der Waals surface area contributed by atoms with Crippen molar-refractivity contribution in [2.24, 2.45) is 11.7 Å². The van der Waals surface area contributed by atoms with E-state index in [9.17, 15) is 19.5 Å². The normalized spacial score (nSPS) is 25.7. The van der Waals surface area contributed by atoms with Crippen molar-refractivity contribution in [1.29, 1.82) is 0 Å².